The molecule has 0 aliphatic heterocycles. The SMILES string of the molecule is CCC/C(=N\OC(C)C)c1cc(Cl)ccc1NS(=O)(=O)C(F)(F)F. The molecule has 0 unspecified atom stereocenters. The van der Waals surface area contributed by atoms with E-state index in [1.165, 1.54) is 16.9 Å². The van der Waals surface area contributed by atoms with Gasteiger partial charge < -0.3 is 4.84 Å². The molecule has 0 radical (unpaired) electrons. The summed E-state index contributed by atoms with van der Waals surface area (Å²) in [4.78, 5) is 5.15. The van der Waals surface area contributed by atoms with E-state index >= 15 is 0 Å². The topological polar surface area (TPSA) is 67.8 Å². The van der Waals surface area contributed by atoms with Crippen molar-refractivity contribution in [2.45, 2.75) is 45.2 Å². The Bertz CT molecular complexity index is 704. The van der Waals surface area contributed by atoms with E-state index < -0.39 is 15.5 Å². The fourth-order valence-corrected chi connectivity index (χ4v) is 2.44. The Morgan fingerprint density at radius 1 is 1.38 bits per heavy atom. The van der Waals surface area contributed by atoms with E-state index in [1.807, 2.05) is 6.92 Å². The molecule has 1 N–H and O–H groups in total. The highest BCUT2D eigenvalue weighted by molar-refractivity contribution is 7.93. The van der Waals surface area contributed by atoms with Crippen LogP contribution < -0.4 is 4.72 Å². The summed E-state index contributed by atoms with van der Waals surface area (Å²) in [6, 6.07) is 3.78. The molecular formula is C14H18ClF3N2O3S. The van der Waals surface area contributed by atoms with Crippen molar-refractivity contribution in [2.75, 3.05) is 4.72 Å². The fraction of sp³-hybridized carbons (Fsp3) is 0.500. The Hall–Kier alpha value is -1.48. The van der Waals surface area contributed by atoms with Gasteiger partial charge in [-0.2, -0.15) is 21.6 Å². The summed E-state index contributed by atoms with van der Waals surface area (Å²) < 4.78 is 62.1. The lowest BCUT2D eigenvalue weighted by atomic mass is 10.0. The minimum Gasteiger partial charge on any atom is -0.393 e. The number of rotatable bonds is 7. The van der Waals surface area contributed by atoms with Crippen molar-refractivity contribution < 1.29 is 26.4 Å². The van der Waals surface area contributed by atoms with Crippen LogP contribution in [0.25, 0.3) is 0 Å². The summed E-state index contributed by atoms with van der Waals surface area (Å²) in [5.41, 5.74) is -5.26. The van der Waals surface area contributed by atoms with Crippen molar-refractivity contribution >= 4 is 33.0 Å². The van der Waals surface area contributed by atoms with Crippen LogP contribution in [-0.2, 0) is 14.9 Å². The molecule has 0 aliphatic carbocycles. The molecule has 0 heterocycles. The van der Waals surface area contributed by atoms with Gasteiger partial charge in [-0.3, -0.25) is 4.72 Å². The first-order valence-electron chi connectivity index (χ1n) is 7.09. The van der Waals surface area contributed by atoms with Crippen molar-refractivity contribution in [1.82, 2.24) is 0 Å². The maximum absolute atomic E-state index is 12.6. The van der Waals surface area contributed by atoms with Gasteiger partial charge >= 0.3 is 15.5 Å². The predicted octanol–water partition coefficient (Wildman–Crippen LogP) is 4.53. The van der Waals surface area contributed by atoms with Crippen LogP contribution in [0, 0.1) is 0 Å². The van der Waals surface area contributed by atoms with Gasteiger partial charge in [0.1, 0.15) is 6.10 Å². The number of anilines is 1. The molecule has 1 aromatic rings. The van der Waals surface area contributed by atoms with Crippen molar-refractivity contribution in [3.8, 4) is 0 Å². The molecule has 0 saturated carbocycles. The van der Waals surface area contributed by atoms with Gasteiger partial charge in [0.05, 0.1) is 11.4 Å². The van der Waals surface area contributed by atoms with Gasteiger partial charge in [-0.15, -0.1) is 0 Å². The normalized spacial score (nSPS) is 13.2. The Labute approximate surface area is 143 Å². The molecule has 0 bridgehead atoms. The van der Waals surface area contributed by atoms with Gasteiger partial charge in [0, 0.05) is 10.6 Å². The van der Waals surface area contributed by atoms with Crippen LogP contribution in [0.4, 0.5) is 18.9 Å². The number of halogens is 4. The number of hydrogen-bond acceptors (Lipinski definition) is 4. The molecule has 0 atom stereocenters. The average Bonchev–Trinajstić information content (AvgIpc) is 2.44. The highest BCUT2D eigenvalue weighted by atomic mass is 35.5. The maximum Gasteiger partial charge on any atom is 0.516 e. The zero-order chi connectivity index (χ0) is 18.5. The number of sulfonamides is 1. The number of nitrogens with zero attached hydrogens (tertiary/aromatic N) is 1. The second kappa shape index (κ2) is 8.06. The summed E-state index contributed by atoms with van der Waals surface area (Å²) in [6.45, 7) is 5.31. The van der Waals surface area contributed by atoms with Crippen LogP contribution >= 0.6 is 11.6 Å². The molecule has 0 saturated heterocycles. The number of oxime groups is 1. The molecule has 0 aliphatic rings. The predicted molar refractivity (Wildman–Crippen MR) is 87.7 cm³/mol. The molecule has 0 spiro atoms. The van der Waals surface area contributed by atoms with E-state index in [9.17, 15) is 21.6 Å². The highest BCUT2D eigenvalue weighted by Gasteiger charge is 2.46. The van der Waals surface area contributed by atoms with Gasteiger partial charge in [0.25, 0.3) is 0 Å². The molecule has 24 heavy (non-hydrogen) atoms. The van der Waals surface area contributed by atoms with Crippen LogP contribution in [-0.4, -0.2) is 25.7 Å². The van der Waals surface area contributed by atoms with Crippen LogP contribution in [0.2, 0.25) is 5.02 Å². The van der Waals surface area contributed by atoms with Gasteiger partial charge in [-0.25, -0.2) is 0 Å². The quantitative estimate of drug-likeness (QED) is 0.553. The lowest BCUT2D eigenvalue weighted by Gasteiger charge is -2.16. The summed E-state index contributed by atoms with van der Waals surface area (Å²) in [7, 11) is -5.55. The summed E-state index contributed by atoms with van der Waals surface area (Å²) in [5.74, 6) is 0. The van der Waals surface area contributed by atoms with E-state index in [2.05, 4.69) is 5.16 Å². The molecule has 136 valence electrons. The Kier molecular flexibility index (Phi) is 6.91. The monoisotopic (exact) mass is 386 g/mol. The van der Waals surface area contributed by atoms with Crippen molar-refractivity contribution in [3.63, 3.8) is 0 Å². The molecule has 1 aromatic carbocycles. The van der Waals surface area contributed by atoms with Gasteiger partial charge in [-0.1, -0.05) is 30.1 Å². The first-order chi connectivity index (χ1) is 11.0. The van der Waals surface area contributed by atoms with Crippen LogP contribution in [0.3, 0.4) is 0 Å². The minimum atomic E-state index is -5.55. The van der Waals surface area contributed by atoms with E-state index in [-0.39, 0.29) is 22.4 Å². The third kappa shape index (κ3) is 5.55. The smallest absolute Gasteiger partial charge is 0.393 e. The fourth-order valence-electron chi connectivity index (χ4n) is 1.68. The number of nitrogens with one attached hydrogen (secondary N) is 1. The van der Waals surface area contributed by atoms with E-state index in [0.717, 1.165) is 6.07 Å². The maximum atomic E-state index is 12.6. The molecule has 0 amide bonds. The Morgan fingerprint density at radius 3 is 2.50 bits per heavy atom. The molecular weight excluding hydrogens is 369 g/mol. The van der Waals surface area contributed by atoms with Crippen LogP contribution in [0.5, 0.6) is 0 Å². The van der Waals surface area contributed by atoms with Crippen LogP contribution in [0.1, 0.15) is 39.2 Å². The van der Waals surface area contributed by atoms with Gasteiger partial charge in [-0.05, 0) is 38.5 Å². The zero-order valence-corrected chi connectivity index (χ0v) is 14.9. The zero-order valence-electron chi connectivity index (χ0n) is 13.3. The van der Waals surface area contributed by atoms with E-state index in [4.69, 9.17) is 16.4 Å². The Balaban J connectivity index is 3.36. The third-order valence-electron chi connectivity index (χ3n) is 2.70. The number of alkyl halides is 3. The first-order valence-corrected chi connectivity index (χ1v) is 8.95. The second-order valence-electron chi connectivity index (χ2n) is 5.18. The summed E-state index contributed by atoms with van der Waals surface area (Å²) >= 11 is 5.89. The summed E-state index contributed by atoms with van der Waals surface area (Å²) in [6.07, 6.45) is 0.748. The number of hydrogen-bond donors (Lipinski definition) is 1. The van der Waals surface area contributed by atoms with Gasteiger partial charge in [0.15, 0.2) is 0 Å². The molecule has 5 nitrogen and oxygen atoms in total. The number of benzene rings is 1. The molecule has 1 rings (SSSR count). The average molecular weight is 387 g/mol. The van der Waals surface area contributed by atoms with E-state index in [0.29, 0.717) is 18.6 Å². The lowest BCUT2D eigenvalue weighted by Crippen LogP contribution is -2.30. The summed E-state index contributed by atoms with van der Waals surface area (Å²) in [5, 5.41) is 4.15. The molecule has 10 heteroatoms. The minimum absolute atomic E-state index is 0.137. The Morgan fingerprint density at radius 2 is 2.00 bits per heavy atom. The van der Waals surface area contributed by atoms with E-state index in [1.54, 1.807) is 13.8 Å². The molecule has 0 aromatic heterocycles. The van der Waals surface area contributed by atoms with Crippen LogP contribution in [0.15, 0.2) is 23.4 Å². The largest absolute Gasteiger partial charge is 0.516 e. The lowest BCUT2D eigenvalue weighted by molar-refractivity contribution is -0.0429. The van der Waals surface area contributed by atoms with Crippen molar-refractivity contribution in [2.24, 2.45) is 5.16 Å². The van der Waals surface area contributed by atoms with Crippen molar-refractivity contribution in [1.29, 1.82) is 0 Å². The molecule has 0 fully saturated rings. The standard InChI is InChI=1S/C14H18ClF3N2O3S/c1-4-5-12(19-23-9(2)3)11-8-10(15)6-7-13(11)20-24(21,22)14(16,17)18/h6-9,20H,4-5H2,1-3H3/b19-12+. The van der Waals surface area contributed by atoms with Crippen molar-refractivity contribution in [3.05, 3.63) is 28.8 Å². The highest BCUT2D eigenvalue weighted by Crippen LogP contribution is 2.29. The van der Waals surface area contributed by atoms with Gasteiger partial charge in [0.2, 0.25) is 0 Å². The third-order valence-corrected chi connectivity index (χ3v) is 4.04. The first kappa shape index (κ1) is 20.6. The second-order valence-corrected chi connectivity index (χ2v) is 7.29.